The lowest BCUT2D eigenvalue weighted by molar-refractivity contribution is -0.114. The third-order valence-corrected chi connectivity index (χ3v) is 4.86. The monoisotopic (exact) mass is 324 g/mol. The Labute approximate surface area is 127 Å². The highest BCUT2D eigenvalue weighted by atomic mass is 35.5. The maximum absolute atomic E-state index is 12.4. The largest absolute Gasteiger partial charge is 0.398 e. The van der Waals surface area contributed by atoms with Crippen LogP contribution in [0.3, 0.4) is 0 Å². The molecule has 3 N–H and O–H groups in total. The molecule has 2 rings (SSSR count). The van der Waals surface area contributed by atoms with E-state index < -0.39 is 9.84 Å². The molecule has 0 aliphatic heterocycles. The van der Waals surface area contributed by atoms with Gasteiger partial charge in [-0.05, 0) is 42.5 Å². The minimum absolute atomic E-state index is 0.0639. The normalized spacial score (nSPS) is 11.1. The third kappa shape index (κ3) is 3.34. The van der Waals surface area contributed by atoms with E-state index in [0.717, 1.165) is 0 Å². The van der Waals surface area contributed by atoms with E-state index in [4.69, 9.17) is 17.3 Å². The summed E-state index contributed by atoms with van der Waals surface area (Å²) in [5.74, 6) is -0.226. The van der Waals surface area contributed by atoms with Crippen LogP contribution in [0.5, 0.6) is 0 Å². The summed E-state index contributed by atoms with van der Waals surface area (Å²) in [6.07, 6.45) is 0. The zero-order valence-corrected chi connectivity index (χ0v) is 12.7. The van der Waals surface area contributed by atoms with Crippen LogP contribution in [-0.4, -0.2) is 14.3 Å². The van der Waals surface area contributed by atoms with E-state index >= 15 is 0 Å². The van der Waals surface area contributed by atoms with Crippen molar-refractivity contribution < 1.29 is 13.2 Å². The minimum Gasteiger partial charge on any atom is -0.398 e. The highest BCUT2D eigenvalue weighted by Crippen LogP contribution is 2.27. The van der Waals surface area contributed by atoms with Crippen molar-refractivity contribution in [2.45, 2.75) is 16.7 Å². The smallest absolute Gasteiger partial charge is 0.221 e. The molecule has 0 aromatic heterocycles. The van der Waals surface area contributed by atoms with Gasteiger partial charge in [0.2, 0.25) is 15.7 Å². The van der Waals surface area contributed by atoms with E-state index in [2.05, 4.69) is 5.32 Å². The molecule has 0 saturated heterocycles. The number of anilines is 2. The van der Waals surface area contributed by atoms with Crippen molar-refractivity contribution in [2.75, 3.05) is 11.1 Å². The Bertz CT molecular complexity index is 786. The van der Waals surface area contributed by atoms with Gasteiger partial charge in [0.05, 0.1) is 20.5 Å². The fourth-order valence-electron chi connectivity index (χ4n) is 1.73. The molecule has 2 aromatic carbocycles. The molecule has 5 nitrogen and oxygen atoms in total. The van der Waals surface area contributed by atoms with Crippen LogP contribution >= 0.6 is 11.6 Å². The topological polar surface area (TPSA) is 89.3 Å². The summed E-state index contributed by atoms with van der Waals surface area (Å²) in [6, 6.07) is 10.0. The number of nitrogens with two attached hydrogens (primary N) is 1. The molecular weight excluding hydrogens is 312 g/mol. The van der Waals surface area contributed by atoms with Crippen LogP contribution < -0.4 is 11.1 Å². The average Bonchev–Trinajstić information content (AvgIpc) is 2.41. The molecule has 0 heterocycles. The Kier molecular flexibility index (Phi) is 4.20. The van der Waals surface area contributed by atoms with Gasteiger partial charge in [-0.25, -0.2) is 8.42 Å². The van der Waals surface area contributed by atoms with Crippen LogP contribution in [0.1, 0.15) is 6.92 Å². The molecule has 110 valence electrons. The van der Waals surface area contributed by atoms with Gasteiger partial charge in [0, 0.05) is 12.6 Å². The van der Waals surface area contributed by atoms with E-state index in [-0.39, 0.29) is 20.7 Å². The number of benzene rings is 2. The number of carbonyl (C=O) groups excluding carboxylic acids is 1. The summed E-state index contributed by atoms with van der Waals surface area (Å²) in [6.45, 7) is 1.38. The lowest BCUT2D eigenvalue weighted by Crippen LogP contribution is -2.06. The molecule has 21 heavy (non-hydrogen) atoms. The van der Waals surface area contributed by atoms with Crippen molar-refractivity contribution in [3.05, 3.63) is 47.5 Å². The van der Waals surface area contributed by atoms with Gasteiger partial charge in [-0.15, -0.1) is 0 Å². The van der Waals surface area contributed by atoms with Crippen molar-refractivity contribution in [2.24, 2.45) is 0 Å². The molecule has 7 heteroatoms. The van der Waals surface area contributed by atoms with Gasteiger partial charge in [-0.1, -0.05) is 11.6 Å². The fraction of sp³-hybridized carbons (Fsp3) is 0.0714. The fourth-order valence-corrected chi connectivity index (χ4v) is 3.26. The molecule has 1 amide bonds. The van der Waals surface area contributed by atoms with E-state index in [0.29, 0.717) is 11.4 Å². The number of carbonyl (C=O) groups is 1. The third-order valence-electron chi connectivity index (χ3n) is 2.77. The Balaban J connectivity index is 2.39. The quantitative estimate of drug-likeness (QED) is 0.849. The predicted octanol–water partition coefficient (Wildman–Crippen LogP) is 2.71. The second kappa shape index (κ2) is 5.75. The van der Waals surface area contributed by atoms with Gasteiger partial charge in [0.1, 0.15) is 0 Å². The van der Waals surface area contributed by atoms with Crippen molar-refractivity contribution in [3.8, 4) is 0 Å². The summed E-state index contributed by atoms with van der Waals surface area (Å²) in [7, 11) is -3.68. The van der Waals surface area contributed by atoms with Gasteiger partial charge >= 0.3 is 0 Å². The Morgan fingerprint density at radius 3 is 2.19 bits per heavy atom. The van der Waals surface area contributed by atoms with Gasteiger partial charge in [0.25, 0.3) is 0 Å². The highest BCUT2D eigenvalue weighted by molar-refractivity contribution is 7.91. The first-order valence-electron chi connectivity index (χ1n) is 5.98. The molecular formula is C14H13ClN2O3S. The van der Waals surface area contributed by atoms with E-state index in [9.17, 15) is 13.2 Å². The van der Waals surface area contributed by atoms with Crippen LogP contribution in [0.4, 0.5) is 11.4 Å². The summed E-state index contributed by atoms with van der Waals surface area (Å²) >= 11 is 5.85. The summed E-state index contributed by atoms with van der Waals surface area (Å²) in [5.41, 5.74) is 6.41. The van der Waals surface area contributed by atoms with E-state index in [1.807, 2.05) is 0 Å². The number of amides is 1. The summed E-state index contributed by atoms with van der Waals surface area (Å²) in [4.78, 5) is 11.1. The second-order valence-electron chi connectivity index (χ2n) is 4.39. The van der Waals surface area contributed by atoms with Crippen molar-refractivity contribution >= 4 is 38.7 Å². The molecule has 0 aliphatic rings. The Hall–Kier alpha value is -2.05. The Morgan fingerprint density at radius 2 is 1.67 bits per heavy atom. The van der Waals surface area contributed by atoms with Gasteiger partial charge < -0.3 is 11.1 Å². The number of rotatable bonds is 3. The lowest BCUT2D eigenvalue weighted by atomic mass is 10.3. The number of halogens is 1. The standard InChI is InChI=1S/C14H13ClN2O3S/c1-9(18)17-10-2-4-11(5-3-10)21(19,20)12-6-7-14(16)13(15)8-12/h2-8H,16H2,1H3,(H,17,18). The zero-order chi connectivity index (χ0) is 15.6. The van der Waals surface area contributed by atoms with Crippen LogP contribution in [0.25, 0.3) is 0 Å². The molecule has 0 radical (unpaired) electrons. The van der Waals surface area contributed by atoms with Gasteiger partial charge in [-0.2, -0.15) is 0 Å². The van der Waals surface area contributed by atoms with Crippen molar-refractivity contribution in [1.29, 1.82) is 0 Å². The molecule has 2 aromatic rings. The molecule has 0 bridgehead atoms. The number of sulfone groups is 1. The van der Waals surface area contributed by atoms with Crippen molar-refractivity contribution in [3.63, 3.8) is 0 Å². The molecule has 0 atom stereocenters. The average molecular weight is 325 g/mol. The second-order valence-corrected chi connectivity index (χ2v) is 6.75. The zero-order valence-electron chi connectivity index (χ0n) is 11.1. The van der Waals surface area contributed by atoms with Gasteiger partial charge in [-0.3, -0.25) is 4.79 Å². The minimum atomic E-state index is -3.68. The predicted molar refractivity (Wildman–Crippen MR) is 82.1 cm³/mol. The molecule has 0 aliphatic carbocycles. The maximum atomic E-state index is 12.4. The van der Waals surface area contributed by atoms with Crippen LogP contribution in [-0.2, 0) is 14.6 Å². The Morgan fingerprint density at radius 1 is 1.10 bits per heavy atom. The number of nitrogens with one attached hydrogen (secondary N) is 1. The highest BCUT2D eigenvalue weighted by Gasteiger charge is 2.18. The molecule has 0 unspecified atom stereocenters. The lowest BCUT2D eigenvalue weighted by Gasteiger charge is -2.07. The van der Waals surface area contributed by atoms with Gasteiger partial charge in [0.15, 0.2) is 0 Å². The van der Waals surface area contributed by atoms with Crippen LogP contribution in [0.15, 0.2) is 52.3 Å². The first-order valence-corrected chi connectivity index (χ1v) is 7.84. The first kappa shape index (κ1) is 15.3. The van der Waals surface area contributed by atoms with Crippen LogP contribution in [0.2, 0.25) is 5.02 Å². The van der Waals surface area contributed by atoms with E-state index in [1.54, 1.807) is 0 Å². The van der Waals surface area contributed by atoms with Crippen LogP contribution in [0, 0.1) is 0 Å². The number of nitrogen functional groups attached to an aromatic ring is 1. The number of hydrogen-bond acceptors (Lipinski definition) is 4. The summed E-state index contributed by atoms with van der Waals surface area (Å²) < 4.78 is 24.9. The van der Waals surface area contributed by atoms with E-state index in [1.165, 1.54) is 49.4 Å². The summed E-state index contributed by atoms with van der Waals surface area (Å²) in [5, 5.41) is 2.75. The van der Waals surface area contributed by atoms with Crippen molar-refractivity contribution in [1.82, 2.24) is 0 Å². The SMILES string of the molecule is CC(=O)Nc1ccc(S(=O)(=O)c2ccc(N)c(Cl)c2)cc1. The first-order chi connectivity index (χ1) is 9.80. The molecule has 0 fully saturated rings. The molecule has 0 saturated carbocycles. The maximum Gasteiger partial charge on any atom is 0.221 e. The molecule has 0 spiro atoms. The number of hydrogen-bond donors (Lipinski definition) is 2.